The zero-order valence-corrected chi connectivity index (χ0v) is 13.2. The molecule has 1 aromatic carbocycles. The molecule has 0 bridgehead atoms. The molecule has 4 nitrogen and oxygen atoms in total. The highest BCUT2D eigenvalue weighted by Crippen LogP contribution is 2.43. The first-order valence-corrected chi connectivity index (χ1v) is 9.34. The number of benzene rings is 1. The minimum Gasteiger partial charge on any atom is -0.267 e. The predicted molar refractivity (Wildman–Crippen MR) is 82.8 cm³/mol. The highest BCUT2D eigenvalue weighted by Gasteiger charge is 2.30. The third-order valence-corrected chi connectivity index (χ3v) is 5.58. The van der Waals surface area contributed by atoms with Crippen LogP contribution in [0, 0.1) is 5.82 Å². The SMILES string of the molecule is O=C(NS(=O)(=O)Cc1ccc(F)cc1)c1sccc1C1CC1. The summed E-state index contributed by atoms with van der Waals surface area (Å²) in [7, 11) is -3.81. The third-order valence-electron chi connectivity index (χ3n) is 3.44. The van der Waals surface area contributed by atoms with Gasteiger partial charge in [-0.05, 0) is 53.5 Å². The van der Waals surface area contributed by atoms with E-state index in [1.54, 1.807) is 5.38 Å². The standard InChI is InChI=1S/C15H14FNO3S2/c16-12-5-1-10(2-6-12)9-22(19,20)17-15(18)14-13(7-8-21-14)11-3-4-11/h1-2,5-8,11H,3-4,9H2,(H,17,18). The number of thiophene rings is 1. The van der Waals surface area contributed by atoms with Crippen LogP contribution in [0.3, 0.4) is 0 Å². The van der Waals surface area contributed by atoms with E-state index in [-0.39, 0.29) is 5.75 Å². The lowest BCUT2D eigenvalue weighted by molar-refractivity contribution is 0.0984. The quantitative estimate of drug-likeness (QED) is 0.911. The molecule has 22 heavy (non-hydrogen) atoms. The lowest BCUT2D eigenvalue weighted by Crippen LogP contribution is -2.31. The molecule has 0 radical (unpaired) electrons. The van der Waals surface area contributed by atoms with E-state index in [1.807, 2.05) is 6.07 Å². The van der Waals surface area contributed by atoms with Crippen LogP contribution in [0.2, 0.25) is 0 Å². The van der Waals surface area contributed by atoms with Gasteiger partial charge in [0.05, 0.1) is 10.6 Å². The normalized spacial score (nSPS) is 14.8. The summed E-state index contributed by atoms with van der Waals surface area (Å²) in [6, 6.07) is 7.04. The molecule has 0 aliphatic heterocycles. The van der Waals surface area contributed by atoms with Crippen LogP contribution < -0.4 is 4.72 Å². The first-order chi connectivity index (χ1) is 10.4. The molecule has 1 N–H and O–H groups in total. The number of hydrogen-bond acceptors (Lipinski definition) is 4. The summed E-state index contributed by atoms with van der Waals surface area (Å²) in [5.41, 5.74) is 1.36. The fourth-order valence-electron chi connectivity index (χ4n) is 2.24. The minimum absolute atomic E-state index is 0.358. The number of rotatable bonds is 5. The minimum atomic E-state index is -3.81. The average molecular weight is 339 g/mol. The van der Waals surface area contributed by atoms with Crippen LogP contribution >= 0.6 is 11.3 Å². The Labute approximate surface area is 132 Å². The fraction of sp³-hybridized carbons (Fsp3) is 0.267. The van der Waals surface area contributed by atoms with E-state index in [4.69, 9.17) is 0 Å². The summed E-state index contributed by atoms with van der Waals surface area (Å²) in [6.45, 7) is 0. The Morgan fingerprint density at radius 1 is 1.23 bits per heavy atom. The molecule has 0 atom stereocenters. The molecule has 1 aromatic heterocycles. The van der Waals surface area contributed by atoms with Crippen LogP contribution in [0.4, 0.5) is 4.39 Å². The van der Waals surface area contributed by atoms with Crippen LogP contribution in [-0.2, 0) is 15.8 Å². The Kier molecular flexibility index (Phi) is 4.01. The fourth-order valence-corrected chi connectivity index (χ4v) is 4.28. The topological polar surface area (TPSA) is 63.2 Å². The maximum absolute atomic E-state index is 12.8. The lowest BCUT2D eigenvalue weighted by Gasteiger charge is -2.07. The summed E-state index contributed by atoms with van der Waals surface area (Å²) in [5.74, 6) is -0.993. The highest BCUT2D eigenvalue weighted by atomic mass is 32.2. The summed E-state index contributed by atoms with van der Waals surface area (Å²) < 4.78 is 39.1. The van der Waals surface area contributed by atoms with Crippen molar-refractivity contribution in [1.29, 1.82) is 0 Å². The Hall–Kier alpha value is -1.73. The summed E-state index contributed by atoms with van der Waals surface area (Å²) in [4.78, 5) is 12.6. The van der Waals surface area contributed by atoms with Gasteiger partial charge in [0.2, 0.25) is 10.0 Å². The average Bonchev–Trinajstić information content (AvgIpc) is 3.17. The van der Waals surface area contributed by atoms with Gasteiger partial charge >= 0.3 is 0 Å². The van der Waals surface area contributed by atoms with Crippen molar-refractivity contribution in [2.45, 2.75) is 24.5 Å². The molecule has 0 unspecified atom stereocenters. The summed E-state index contributed by atoms with van der Waals surface area (Å²) in [6.07, 6.45) is 2.08. The largest absolute Gasteiger partial charge is 0.275 e. The molecule has 1 fully saturated rings. The molecular formula is C15H14FNO3S2. The second-order valence-electron chi connectivity index (χ2n) is 5.30. The number of halogens is 1. The zero-order valence-electron chi connectivity index (χ0n) is 11.6. The van der Waals surface area contributed by atoms with Gasteiger partial charge in [-0.3, -0.25) is 4.79 Å². The summed E-state index contributed by atoms with van der Waals surface area (Å²) >= 11 is 1.25. The van der Waals surface area contributed by atoms with E-state index in [0.717, 1.165) is 18.4 Å². The van der Waals surface area contributed by atoms with Crippen molar-refractivity contribution in [1.82, 2.24) is 4.72 Å². The Balaban J connectivity index is 1.72. The zero-order chi connectivity index (χ0) is 15.7. The van der Waals surface area contributed by atoms with E-state index in [2.05, 4.69) is 4.72 Å². The Bertz CT molecular complexity index is 792. The van der Waals surface area contributed by atoms with Crippen LogP contribution in [-0.4, -0.2) is 14.3 Å². The van der Waals surface area contributed by atoms with Crippen molar-refractivity contribution in [3.63, 3.8) is 0 Å². The second kappa shape index (κ2) is 5.81. The maximum atomic E-state index is 12.8. The van der Waals surface area contributed by atoms with Gasteiger partial charge in [-0.25, -0.2) is 17.5 Å². The Morgan fingerprint density at radius 2 is 1.91 bits per heavy atom. The molecule has 1 amide bonds. The first kappa shape index (κ1) is 15.2. The predicted octanol–water partition coefficient (Wildman–Crippen LogP) is 3.02. The molecule has 2 aromatic rings. The Morgan fingerprint density at radius 3 is 2.55 bits per heavy atom. The van der Waals surface area contributed by atoms with E-state index >= 15 is 0 Å². The van der Waals surface area contributed by atoms with Crippen molar-refractivity contribution in [2.75, 3.05) is 0 Å². The molecule has 116 valence electrons. The smallest absolute Gasteiger partial charge is 0.267 e. The van der Waals surface area contributed by atoms with Crippen LogP contribution in [0.25, 0.3) is 0 Å². The maximum Gasteiger partial charge on any atom is 0.275 e. The van der Waals surface area contributed by atoms with Gasteiger partial charge in [-0.2, -0.15) is 0 Å². The van der Waals surface area contributed by atoms with E-state index in [9.17, 15) is 17.6 Å². The number of amides is 1. The molecule has 1 saturated carbocycles. The van der Waals surface area contributed by atoms with E-state index in [0.29, 0.717) is 16.4 Å². The van der Waals surface area contributed by atoms with Crippen molar-refractivity contribution in [2.24, 2.45) is 0 Å². The first-order valence-electron chi connectivity index (χ1n) is 6.81. The number of hydrogen-bond donors (Lipinski definition) is 1. The molecule has 0 saturated heterocycles. The van der Waals surface area contributed by atoms with Crippen molar-refractivity contribution >= 4 is 27.3 Å². The van der Waals surface area contributed by atoms with Gasteiger partial charge in [0.25, 0.3) is 5.91 Å². The number of nitrogens with one attached hydrogen (secondary N) is 1. The van der Waals surface area contributed by atoms with Gasteiger partial charge < -0.3 is 0 Å². The van der Waals surface area contributed by atoms with Crippen LogP contribution in [0.15, 0.2) is 35.7 Å². The van der Waals surface area contributed by atoms with Crippen LogP contribution in [0.1, 0.15) is 39.6 Å². The molecule has 1 aliphatic rings. The molecule has 1 heterocycles. The van der Waals surface area contributed by atoms with Crippen LogP contribution in [0.5, 0.6) is 0 Å². The summed E-state index contributed by atoms with van der Waals surface area (Å²) in [5, 5.41) is 1.80. The third kappa shape index (κ3) is 3.53. The number of carbonyl (C=O) groups excluding carboxylic acids is 1. The van der Waals surface area contributed by atoms with E-state index < -0.39 is 21.7 Å². The van der Waals surface area contributed by atoms with Gasteiger partial charge in [0.1, 0.15) is 5.82 Å². The van der Waals surface area contributed by atoms with Gasteiger partial charge in [0, 0.05) is 0 Å². The lowest BCUT2D eigenvalue weighted by atomic mass is 10.1. The second-order valence-corrected chi connectivity index (χ2v) is 7.93. The van der Waals surface area contributed by atoms with Crippen molar-refractivity contribution in [3.8, 4) is 0 Å². The number of carbonyl (C=O) groups is 1. The van der Waals surface area contributed by atoms with E-state index in [1.165, 1.54) is 35.6 Å². The molecule has 0 spiro atoms. The monoisotopic (exact) mass is 339 g/mol. The van der Waals surface area contributed by atoms with Gasteiger partial charge in [-0.1, -0.05) is 12.1 Å². The highest BCUT2D eigenvalue weighted by molar-refractivity contribution is 7.89. The molecule has 7 heteroatoms. The van der Waals surface area contributed by atoms with Crippen molar-refractivity contribution in [3.05, 3.63) is 57.5 Å². The van der Waals surface area contributed by atoms with Crippen molar-refractivity contribution < 1.29 is 17.6 Å². The van der Waals surface area contributed by atoms with Gasteiger partial charge in [0.15, 0.2) is 0 Å². The molecule has 3 rings (SSSR count). The van der Waals surface area contributed by atoms with Gasteiger partial charge in [-0.15, -0.1) is 11.3 Å². The molecule has 1 aliphatic carbocycles. The molecular weight excluding hydrogens is 325 g/mol. The number of sulfonamides is 1.